The van der Waals surface area contributed by atoms with Gasteiger partial charge in [0.25, 0.3) is 5.91 Å². The minimum atomic E-state index is -3.66. The Labute approximate surface area is 175 Å². The fraction of sp³-hybridized carbons (Fsp3) is 0.400. The number of carbonyl (C=O) groups is 1. The normalized spacial score (nSPS) is 20.2. The number of ether oxygens (including phenoxy) is 1. The first-order valence-electron chi connectivity index (χ1n) is 9.20. The standard InChI is InChI=1S/C20H23N3O4S2/c1-12-10-23(11-13(2)27-12)29(25,26)17-7-5-16(6-8-17)19(24)22-20-18(9-21)14(3)15(4)28-20/h5-8,12-13H,10-11H2,1-4H3,(H,22,24)/t12-,13-/m1/s1. The first-order valence-corrected chi connectivity index (χ1v) is 11.5. The molecule has 1 aromatic carbocycles. The second-order valence-electron chi connectivity index (χ2n) is 7.16. The molecule has 3 rings (SSSR count). The summed E-state index contributed by atoms with van der Waals surface area (Å²) < 4.78 is 32.8. The van der Waals surface area contributed by atoms with Crippen molar-refractivity contribution < 1.29 is 17.9 Å². The van der Waals surface area contributed by atoms with Crippen molar-refractivity contribution in [3.63, 3.8) is 0 Å². The molecule has 0 spiro atoms. The summed E-state index contributed by atoms with van der Waals surface area (Å²) in [5.74, 6) is -0.389. The van der Waals surface area contributed by atoms with Crippen LogP contribution in [0.4, 0.5) is 5.00 Å². The third-order valence-corrected chi connectivity index (χ3v) is 7.83. The number of nitrogens with zero attached hydrogens (tertiary/aromatic N) is 2. The zero-order valence-electron chi connectivity index (χ0n) is 16.7. The van der Waals surface area contributed by atoms with E-state index in [-0.39, 0.29) is 23.0 Å². The Morgan fingerprint density at radius 1 is 1.21 bits per heavy atom. The number of hydrogen-bond donors (Lipinski definition) is 1. The molecule has 1 aliphatic rings. The summed E-state index contributed by atoms with van der Waals surface area (Å²) in [6.07, 6.45) is -0.351. The molecule has 1 aliphatic heterocycles. The number of sulfonamides is 1. The number of hydrogen-bond acceptors (Lipinski definition) is 6. The van der Waals surface area contributed by atoms with Crippen molar-refractivity contribution in [3.05, 3.63) is 45.8 Å². The number of rotatable bonds is 4. The highest BCUT2D eigenvalue weighted by Gasteiger charge is 2.32. The van der Waals surface area contributed by atoms with Crippen molar-refractivity contribution in [1.29, 1.82) is 5.26 Å². The molecule has 0 saturated carbocycles. The Hall–Kier alpha value is -2.25. The molecule has 7 nitrogen and oxygen atoms in total. The number of amides is 1. The Kier molecular flexibility index (Phi) is 6.10. The maximum absolute atomic E-state index is 12.9. The fourth-order valence-corrected chi connectivity index (χ4v) is 5.88. The molecule has 2 atom stereocenters. The number of nitriles is 1. The molecule has 0 unspecified atom stereocenters. The van der Waals surface area contributed by atoms with Gasteiger partial charge in [0.1, 0.15) is 11.1 Å². The van der Waals surface area contributed by atoms with E-state index >= 15 is 0 Å². The molecular weight excluding hydrogens is 410 g/mol. The van der Waals surface area contributed by atoms with Crippen LogP contribution in [0.3, 0.4) is 0 Å². The van der Waals surface area contributed by atoms with Crippen LogP contribution in [0, 0.1) is 25.2 Å². The lowest BCUT2D eigenvalue weighted by Crippen LogP contribution is -2.48. The van der Waals surface area contributed by atoms with Gasteiger partial charge >= 0.3 is 0 Å². The van der Waals surface area contributed by atoms with Gasteiger partial charge in [-0.2, -0.15) is 9.57 Å². The molecule has 154 valence electrons. The molecule has 1 aromatic heterocycles. The van der Waals surface area contributed by atoms with Gasteiger partial charge in [0.05, 0.1) is 22.7 Å². The van der Waals surface area contributed by atoms with E-state index in [9.17, 15) is 18.5 Å². The largest absolute Gasteiger partial charge is 0.373 e. The van der Waals surface area contributed by atoms with E-state index in [1.165, 1.54) is 39.9 Å². The van der Waals surface area contributed by atoms with Crippen molar-refractivity contribution in [3.8, 4) is 6.07 Å². The minimum Gasteiger partial charge on any atom is -0.373 e. The molecule has 2 aromatic rings. The zero-order chi connectivity index (χ0) is 21.3. The Morgan fingerprint density at radius 2 is 1.79 bits per heavy atom. The molecule has 0 bridgehead atoms. The summed E-state index contributed by atoms with van der Waals surface area (Å²) in [4.78, 5) is 13.7. The van der Waals surface area contributed by atoms with Crippen molar-refractivity contribution >= 4 is 32.3 Å². The van der Waals surface area contributed by atoms with Crippen LogP contribution in [0.15, 0.2) is 29.2 Å². The number of benzene rings is 1. The third kappa shape index (κ3) is 4.36. The first-order chi connectivity index (χ1) is 13.6. The molecule has 29 heavy (non-hydrogen) atoms. The highest BCUT2D eigenvalue weighted by molar-refractivity contribution is 7.89. The van der Waals surface area contributed by atoms with Crippen LogP contribution in [0.5, 0.6) is 0 Å². The van der Waals surface area contributed by atoms with Crippen LogP contribution in [-0.2, 0) is 14.8 Å². The van der Waals surface area contributed by atoms with Crippen LogP contribution >= 0.6 is 11.3 Å². The van der Waals surface area contributed by atoms with Gasteiger partial charge in [-0.25, -0.2) is 8.42 Å². The van der Waals surface area contributed by atoms with Gasteiger partial charge in [0.15, 0.2) is 0 Å². The molecule has 1 fully saturated rings. The zero-order valence-corrected chi connectivity index (χ0v) is 18.4. The quantitative estimate of drug-likeness (QED) is 0.798. The third-order valence-electron chi connectivity index (χ3n) is 4.86. The van der Waals surface area contributed by atoms with Crippen LogP contribution in [-0.4, -0.2) is 43.9 Å². The van der Waals surface area contributed by atoms with Gasteiger partial charge in [0.2, 0.25) is 10.0 Å². The van der Waals surface area contributed by atoms with Crippen LogP contribution in [0.2, 0.25) is 0 Å². The maximum Gasteiger partial charge on any atom is 0.256 e. The van der Waals surface area contributed by atoms with Gasteiger partial charge in [-0.1, -0.05) is 0 Å². The van der Waals surface area contributed by atoms with Crippen LogP contribution in [0.25, 0.3) is 0 Å². The van der Waals surface area contributed by atoms with Gasteiger partial charge < -0.3 is 10.1 Å². The number of carbonyl (C=O) groups excluding carboxylic acids is 1. The van der Waals surface area contributed by atoms with E-state index in [0.29, 0.717) is 29.2 Å². The van der Waals surface area contributed by atoms with Crippen LogP contribution in [0.1, 0.15) is 40.2 Å². The summed E-state index contributed by atoms with van der Waals surface area (Å²) in [6, 6.07) is 7.95. The van der Waals surface area contributed by atoms with E-state index in [2.05, 4.69) is 11.4 Å². The lowest BCUT2D eigenvalue weighted by molar-refractivity contribution is -0.0440. The summed E-state index contributed by atoms with van der Waals surface area (Å²) in [5.41, 5.74) is 1.62. The summed E-state index contributed by atoms with van der Waals surface area (Å²) in [5, 5.41) is 12.6. The average molecular weight is 434 g/mol. The Bertz CT molecular complexity index is 1060. The summed E-state index contributed by atoms with van der Waals surface area (Å²) >= 11 is 1.35. The van der Waals surface area contributed by atoms with Crippen molar-refractivity contribution in [2.24, 2.45) is 0 Å². The Balaban J connectivity index is 1.79. The number of anilines is 1. The van der Waals surface area contributed by atoms with E-state index < -0.39 is 10.0 Å². The molecule has 2 heterocycles. The van der Waals surface area contributed by atoms with Crippen LogP contribution < -0.4 is 5.32 Å². The number of nitrogens with one attached hydrogen (secondary N) is 1. The first kappa shape index (κ1) is 21.5. The number of thiophene rings is 1. The predicted octanol–water partition coefficient (Wildman–Crippen LogP) is 3.29. The van der Waals surface area contributed by atoms with Crippen molar-refractivity contribution in [1.82, 2.24) is 4.31 Å². The molecule has 1 saturated heterocycles. The average Bonchev–Trinajstić information content (AvgIpc) is 2.93. The van der Waals surface area contributed by atoms with Crippen molar-refractivity contribution in [2.45, 2.75) is 44.8 Å². The molecule has 0 aliphatic carbocycles. The fourth-order valence-electron chi connectivity index (χ4n) is 3.28. The lowest BCUT2D eigenvalue weighted by Gasteiger charge is -2.34. The second-order valence-corrected chi connectivity index (χ2v) is 10.3. The van der Waals surface area contributed by atoms with Gasteiger partial charge in [0, 0.05) is 23.5 Å². The van der Waals surface area contributed by atoms with E-state index in [4.69, 9.17) is 4.74 Å². The van der Waals surface area contributed by atoms with E-state index in [1.807, 2.05) is 27.7 Å². The predicted molar refractivity (Wildman–Crippen MR) is 112 cm³/mol. The molecule has 1 N–H and O–H groups in total. The molecular formula is C20H23N3O4S2. The van der Waals surface area contributed by atoms with E-state index in [1.54, 1.807) is 0 Å². The summed E-state index contributed by atoms with van der Waals surface area (Å²) in [6.45, 7) is 8.01. The topological polar surface area (TPSA) is 99.5 Å². The Morgan fingerprint density at radius 3 is 2.34 bits per heavy atom. The van der Waals surface area contributed by atoms with Crippen molar-refractivity contribution in [2.75, 3.05) is 18.4 Å². The molecule has 0 radical (unpaired) electrons. The minimum absolute atomic E-state index is 0.135. The molecule has 1 amide bonds. The number of aryl methyl sites for hydroxylation is 1. The monoisotopic (exact) mass is 433 g/mol. The smallest absolute Gasteiger partial charge is 0.256 e. The maximum atomic E-state index is 12.9. The van der Waals surface area contributed by atoms with E-state index in [0.717, 1.165) is 10.4 Å². The highest BCUT2D eigenvalue weighted by atomic mass is 32.2. The molecule has 9 heteroatoms. The van der Waals surface area contributed by atoms with Gasteiger partial charge in [-0.3, -0.25) is 4.79 Å². The SMILES string of the molecule is Cc1sc(NC(=O)c2ccc(S(=O)(=O)N3C[C@@H](C)O[C@H](C)C3)cc2)c(C#N)c1C. The van der Waals surface area contributed by atoms with Gasteiger partial charge in [-0.15, -0.1) is 11.3 Å². The second kappa shape index (κ2) is 8.24. The highest BCUT2D eigenvalue weighted by Crippen LogP contribution is 2.32. The van der Waals surface area contributed by atoms with Gasteiger partial charge in [-0.05, 0) is 57.5 Å². The lowest BCUT2D eigenvalue weighted by atomic mass is 10.2. The number of morpholine rings is 1. The summed E-state index contributed by atoms with van der Waals surface area (Å²) in [7, 11) is -3.66.